The monoisotopic (exact) mass is 484 g/mol. The molecule has 194 valence electrons. The molecule has 0 aromatic heterocycles. The highest BCUT2D eigenvalue weighted by Crippen LogP contribution is 2.30. The summed E-state index contributed by atoms with van der Waals surface area (Å²) in [6.07, 6.45) is 10.5. The van der Waals surface area contributed by atoms with Gasteiger partial charge >= 0.3 is 5.97 Å². The summed E-state index contributed by atoms with van der Waals surface area (Å²) in [4.78, 5) is 24.2. The number of unbranched alkanes of at least 4 members (excludes halogenated alkanes) is 6. The van der Waals surface area contributed by atoms with Crippen LogP contribution in [-0.4, -0.2) is 37.2 Å². The molecule has 0 aliphatic carbocycles. The Balaban J connectivity index is 0.000000405. The molecule has 0 saturated carbocycles. The van der Waals surface area contributed by atoms with Crippen molar-refractivity contribution in [2.24, 2.45) is 0 Å². The minimum absolute atomic E-state index is 0.0303. The van der Waals surface area contributed by atoms with E-state index in [-0.39, 0.29) is 12.8 Å². The van der Waals surface area contributed by atoms with Crippen LogP contribution in [0.2, 0.25) is 0 Å². The van der Waals surface area contributed by atoms with Crippen molar-refractivity contribution in [3.8, 4) is 0 Å². The highest BCUT2D eigenvalue weighted by atomic mass is 16.5. The average Bonchev–Trinajstić information content (AvgIpc) is 2.91. The van der Waals surface area contributed by atoms with Crippen LogP contribution in [0.25, 0.3) is 0 Å². The molecule has 5 nitrogen and oxygen atoms in total. The Hall–Kier alpha value is -2.50. The van der Waals surface area contributed by atoms with E-state index in [1.54, 1.807) is 60.7 Å². The number of aliphatic hydroxyl groups is 1. The van der Waals surface area contributed by atoms with Gasteiger partial charge in [0.25, 0.3) is 0 Å². The fourth-order valence-corrected chi connectivity index (χ4v) is 3.68. The summed E-state index contributed by atoms with van der Waals surface area (Å²) < 4.78 is 10.1. The maximum absolute atomic E-state index is 12.8. The van der Waals surface area contributed by atoms with E-state index in [2.05, 4.69) is 18.6 Å². The lowest BCUT2D eigenvalue weighted by atomic mass is 9.82. The maximum Gasteiger partial charge on any atom is 0.305 e. The molecule has 0 aliphatic heterocycles. The fourth-order valence-electron chi connectivity index (χ4n) is 3.68. The van der Waals surface area contributed by atoms with Crippen LogP contribution < -0.4 is 0 Å². The smallest absolute Gasteiger partial charge is 0.305 e. The number of benzene rings is 2. The molecule has 5 heteroatoms. The standard InChI is InChI=1S/C18H18O4.C12H26O/c1-22-16(19)12-13-18(21,15-10-6-3-7-11-15)17(20)14-8-4-2-5-9-14;1-3-5-7-9-11-13-12-10-8-6-4-2/h2-11,21H,12-13H2,1H3;3-12H2,1-2H3. The van der Waals surface area contributed by atoms with Crippen molar-refractivity contribution in [1.82, 2.24) is 0 Å². The van der Waals surface area contributed by atoms with Gasteiger partial charge in [-0.1, -0.05) is 113 Å². The molecule has 1 atom stereocenters. The first-order chi connectivity index (χ1) is 17.0. The Bertz CT molecular complexity index is 796. The van der Waals surface area contributed by atoms with Crippen LogP contribution in [0.5, 0.6) is 0 Å². The molecule has 0 bridgehead atoms. The van der Waals surface area contributed by atoms with E-state index in [1.807, 2.05) is 0 Å². The molecule has 2 aromatic rings. The molecule has 0 saturated heterocycles. The highest BCUT2D eigenvalue weighted by molar-refractivity contribution is 6.03. The van der Waals surface area contributed by atoms with E-state index in [0.717, 1.165) is 13.2 Å². The van der Waals surface area contributed by atoms with Gasteiger partial charge in [0, 0.05) is 25.2 Å². The van der Waals surface area contributed by atoms with Gasteiger partial charge in [0.2, 0.25) is 0 Å². The minimum atomic E-state index is -1.75. The van der Waals surface area contributed by atoms with E-state index in [9.17, 15) is 14.7 Å². The second kappa shape index (κ2) is 18.8. The molecule has 35 heavy (non-hydrogen) atoms. The number of Topliss-reactive ketones (excluding diaryl/α,β-unsaturated/α-hetero) is 1. The van der Waals surface area contributed by atoms with Crippen molar-refractivity contribution < 1.29 is 24.2 Å². The first-order valence-corrected chi connectivity index (χ1v) is 13.0. The summed E-state index contributed by atoms with van der Waals surface area (Å²) in [6.45, 7) is 6.44. The number of esters is 1. The number of methoxy groups -OCH3 is 1. The van der Waals surface area contributed by atoms with Crippen LogP contribution in [0.4, 0.5) is 0 Å². The van der Waals surface area contributed by atoms with Gasteiger partial charge in [-0.3, -0.25) is 9.59 Å². The Morgan fingerprint density at radius 3 is 1.77 bits per heavy atom. The molecule has 2 aromatic carbocycles. The molecule has 1 unspecified atom stereocenters. The van der Waals surface area contributed by atoms with Crippen LogP contribution in [0.15, 0.2) is 60.7 Å². The van der Waals surface area contributed by atoms with Crippen LogP contribution in [-0.2, 0) is 19.9 Å². The fraction of sp³-hybridized carbons (Fsp3) is 0.533. The number of hydrogen-bond donors (Lipinski definition) is 1. The van der Waals surface area contributed by atoms with Crippen LogP contribution >= 0.6 is 0 Å². The van der Waals surface area contributed by atoms with Gasteiger partial charge in [0.15, 0.2) is 11.4 Å². The third-order valence-corrected chi connectivity index (χ3v) is 5.87. The zero-order valence-electron chi connectivity index (χ0n) is 21.8. The van der Waals surface area contributed by atoms with Crippen molar-refractivity contribution in [2.45, 2.75) is 83.7 Å². The van der Waals surface area contributed by atoms with Crippen molar-refractivity contribution in [3.63, 3.8) is 0 Å². The van der Waals surface area contributed by atoms with Crippen molar-refractivity contribution in [1.29, 1.82) is 0 Å². The minimum Gasteiger partial charge on any atom is -0.469 e. The summed E-state index contributed by atoms with van der Waals surface area (Å²) in [5, 5.41) is 11.0. The highest BCUT2D eigenvalue weighted by Gasteiger charge is 2.38. The van der Waals surface area contributed by atoms with E-state index in [4.69, 9.17) is 4.74 Å². The summed E-state index contributed by atoms with van der Waals surface area (Å²) >= 11 is 0. The number of carbonyl (C=O) groups excluding carboxylic acids is 2. The lowest BCUT2D eigenvalue weighted by Crippen LogP contribution is -2.36. The maximum atomic E-state index is 12.8. The second-order valence-corrected chi connectivity index (χ2v) is 8.73. The Morgan fingerprint density at radius 2 is 1.29 bits per heavy atom. The summed E-state index contributed by atoms with van der Waals surface area (Å²) in [6, 6.07) is 17.2. The first-order valence-electron chi connectivity index (χ1n) is 13.0. The zero-order chi connectivity index (χ0) is 25.8. The Kier molecular flexibility index (Phi) is 16.4. The number of ether oxygens (including phenoxy) is 2. The van der Waals surface area contributed by atoms with Crippen molar-refractivity contribution >= 4 is 11.8 Å². The van der Waals surface area contributed by atoms with E-state index >= 15 is 0 Å². The predicted molar refractivity (Wildman–Crippen MR) is 141 cm³/mol. The SMILES string of the molecule is CCCCCCOCCCCCC.COC(=O)CCC(O)(C(=O)c1ccccc1)c1ccccc1. The average molecular weight is 485 g/mol. The van der Waals surface area contributed by atoms with E-state index in [0.29, 0.717) is 11.1 Å². The zero-order valence-corrected chi connectivity index (χ0v) is 21.8. The Labute approximate surface area is 211 Å². The summed E-state index contributed by atoms with van der Waals surface area (Å²) in [5.74, 6) is -0.890. The Morgan fingerprint density at radius 1 is 0.771 bits per heavy atom. The summed E-state index contributed by atoms with van der Waals surface area (Å²) in [5.41, 5.74) is -0.886. The number of hydrogen-bond acceptors (Lipinski definition) is 5. The largest absolute Gasteiger partial charge is 0.469 e. The van der Waals surface area contributed by atoms with Gasteiger partial charge in [-0.05, 0) is 24.8 Å². The van der Waals surface area contributed by atoms with Crippen molar-refractivity contribution in [3.05, 3.63) is 71.8 Å². The third kappa shape index (κ3) is 12.1. The third-order valence-electron chi connectivity index (χ3n) is 5.87. The topological polar surface area (TPSA) is 72.8 Å². The summed E-state index contributed by atoms with van der Waals surface area (Å²) in [7, 11) is 1.28. The van der Waals surface area contributed by atoms with Crippen LogP contribution in [0, 0.1) is 0 Å². The lowest BCUT2D eigenvalue weighted by Gasteiger charge is -2.27. The lowest BCUT2D eigenvalue weighted by molar-refractivity contribution is -0.141. The molecule has 0 fully saturated rings. The first kappa shape index (κ1) is 30.5. The van der Waals surface area contributed by atoms with E-state index < -0.39 is 17.4 Å². The molecule has 1 N–H and O–H groups in total. The molecule has 0 heterocycles. The van der Waals surface area contributed by atoms with Gasteiger partial charge in [-0.25, -0.2) is 0 Å². The molecule has 0 spiro atoms. The predicted octanol–water partition coefficient (Wildman–Crippen LogP) is 6.87. The normalized spacial score (nSPS) is 12.2. The second-order valence-electron chi connectivity index (χ2n) is 8.73. The number of rotatable bonds is 16. The molecular formula is C30H44O5. The van der Waals surface area contributed by atoms with Gasteiger partial charge in [0.05, 0.1) is 7.11 Å². The van der Waals surface area contributed by atoms with Crippen LogP contribution in [0.1, 0.15) is 94.0 Å². The number of carbonyl (C=O) groups is 2. The molecule has 0 radical (unpaired) electrons. The van der Waals surface area contributed by atoms with Gasteiger partial charge < -0.3 is 14.6 Å². The molecule has 0 aliphatic rings. The number of ketones is 1. The van der Waals surface area contributed by atoms with Crippen LogP contribution in [0.3, 0.4) is 0 Å². The van der Waals surface area contributed by atoms with Crippen molar-refractivity contribution in [2.75, 3.05) is 20.3 Å². The van der Waals surface area contributed by atoms with E-state index in [1.165, 1.54) is 58.5 Å². The van der Waals surface area contributed by atoms with Gasteiger partial charge in [-0.15, -0.1) is 0 Å². The van der Waals surface area contributed by atoms with Gasteiger partial charge in [0.1, 0.15) is 0 Å². The van der Waals surface area contributed by atoms with Gasteiger partial charge in [-0.2, -0.15) is 0 Å². The molecule has 2 rings (SSSR count). The quantitative estimate of drug-likeness (QED) is 0.160. The molecule has 0 amide bonds. The molecular weight excluding hydrogens is 440 g/mol.